The normalized spacial score (nSPS) is 13.8. The van der Waals surface area contributed by atoms with Crippen LogP contribution in [0.1, 0.15) is 13.8 Å². The maximum absolute atomic E-state index is 11.0. The number of carbonyl (C=O) groups is 1. The number of aliphatic hydroxyl groups excluding tert-OH is 1. The van der Waals surface area contributed by atoms with Crippen molar-refractivity contribution in [1.29, 1.82) is 0 Å². The first kappa shape index (κ1) is 10.9. The highest BCUT2D eigenvalue weighted by Crippen LogP contribution is 1.92. The van der Waals surface area contributed by atoms with Gasteiger partial charge in [-0.2, -0.15) is 0 Å². The molecule has 0 radical (unpaired) electrons. The zero-order chi connectivity index (χ0) is 9.56. The lowest BCUT2D eigenvalue weighted by Gasteiger charge is -2.06. The molecule has 1 unspecified atom stereocenters. The van der Waals surface area contributed by atoms with Crippen LogP contribution in [0.25, 0.3) is 0 Å². The molecule has 0 heterocycles. The molecule has 5 heteroatoms. The van der Waals surface area contributed by atoms with Gasteiger partial charge in [0.1, 0.15) is 13.2 Å². The minimum absolute atomic E-state index is 0.126. The van der Waals surface area contributed by atoms with Gasteiger partial charge in [0, 0.05) is 0 Å². The number of rotatable bonds is 4. The summed E-state index contributed by atoms with van der Waals surface area (Å²) in [6, 6.07) is 0. The Labute approximate surface area is 71.0 Å². The van der Waals surface area contributed by atoms with Crippen LogP contribution in [0.4, 0.5) is 0 Å². The molecular formula is C7H13NO4. The Morgan fingerprint density at radius 2 is 2.25 bits per heavy atom. The van der Waals surface area contributed by atoms with E-state index in [4.69, 9.17) is 5.11 Å². The van der Waals surface area contributed by atoms with Gasteiger partial charge in [-0.3, -0.25) is 0 Å². The summed E-state index contributed by atoms with van der Waals surface area (Å²) >= 11 is 0. The fourth-order valence-electron chi connectivity index (χ4n) is 0.587. The fourth-order valence-corrected chi connectivity index (χ4v) is 0.587. The molecule has 0 aliphatic rings. The Bertz CT molecular complexity index is 176. The SMILES string of the molecule is CCOC(=O)/C(=N/OC)C(C)O. The number of hydrogen-bond donors (Lipinski definition) is 1. The lowest BCUT2D eigenvalue weighted by molar-refractivity contribution is -0.135. The Balaban J connectivity index is 4.30. The monoisotopic (exact) mass is 175 g/mol. The molecular weight excluding hydrogens is 162 g/mol. The molecule has 0 fully saturated rings. The van der Waals surface area contributed by atoms with Gasteiger partial charge in [0.15, 0.2) is 5.71 Å². The number of hydrogen-bond acceptors (Lipinski definition) is 5. The highest BCUT2D eigenvalue weighted by molar-refractivity contribution is 6.37. The van der Waals surface area contributed by atoms with Crippen LogP contribution >= 0.6 is 0 Å². The summed E-state index contributed by atoms with van der Waals surface area (Å²) in [7, 11) is 1.29. The Kier molecular flexibility index (Phi) is 5.03. The van der Waals surface area contributed by atoms with Crippen LogP contribution in [0.2, 0.25) is 0 Å². The largest absolute Gasteiger partial charge is 0.461 e. The Hall–Kier alpha value is -1.10. The lowest BCUT2D eigenvalue weighted by atomic mass is 10.2. The highest BCUT2D eigenvalue weighted by Gasteiger charge is 2.18. The summed E-state index contributed by atoms with van der Waals surface area (Å²) in [6.07, 6.45) is -0.982. The van der Waals surface area contributed by atoms with Crippen molar-refractivity contribution >= 4 is 11.7 Å². The maximum Gasteiger partial charge on any atom is 0.358 e. The van der Waals surface area contributed by atoms with Crippen LogP contribution in [0.5, 0.6) is 0 Å². The van der Waals surface area contributed by atoms with Crippen LogP contribution in [-0.2, 0) is 14.4 Å². The van der Waals surface area contributed by atoms with Gasteiger partial charge >= 0.3 is 5.97 Å². The van der Waals surface area contributed by atoms with Gasteiger partial charge in [-0.1, -0.05) is 5.16 Å². The third-order valence-corrected chi connectivity index (χ3v) is 1.07. The van der Waals surface area contributed by atoms with Crippen molar-refractivity contribution in [2.75, 3.05) is 13.7 Å². The quantitative estimate of drug-likeness (QED) is 0.369. The van der Waals surface area contributed by atoms with E-state index in [1.807, 2.05) is 0 Å². The molecule has 0 rings (SSSR count). The average molecular weight is 175 g/mol. The van der Waals surface area contributed by atoms with E-state index in [9.17, 15) is 4.79 Å². The summed E-state index contributed by atoms with van der Waals surface area (Å²) in [5.74, 6) is -0.658. The second-order valence-electron chi connectivity index (χ2n) is 2.06. The Morgan fingerprint density at radius 3 is 2.58 bits per heavy atom. The number of aliphatic hydroxyl groups is 1. The van der Waals surface area contributed by atoms with E-state index in [2.05, 4.69) is 14.7 Å². The number of ether oxygens (including phenoxy) is 1. The summed E-state index contributed by atoms with van der Waals surface area (Å²) in [6.45, 7) is 3.33. The summed E-state index contributed by atoms with van der Waals surface area (Å²) in [5.41, 5.74) is -0.126. The molecule has 5 nitrogen and oxygen atoms in total. The zero-order valence-electron chi connectivity index (χ0n) is 7.40. The molecule has 0 saturated heterocycles. The molecule has 12 heavy (non-hydrogen) atoms. The number of nitrogens with zero attached hydrogens (tertiary/aromatic N) is 1. The van der Waals surface area contributed by atoms with Gasteiger partial charge in [0.05, 0.1) is 6.61 Å². The van der Waals surface area contributed by atoms with Crippen LogP contribution in [0.15, 0.2) is 5.16 Å². The van der Waals surface area contributed by atoms with Crippen molar-refractivity contribution < 1.29 is 19.5 Å². The molecule has 0 aliphatic carbocycles. The molecule has 70 valence electrons. The minimum Gasteiger partial charge on any atom is -0.461 e. The maximum atomic E-state index is 11.0. The molecule has 0 aromatic rings. The van der Waals surface area contributed by atoms with Crippen molar-refractivity contribution in [3.8, 4) is 0 Å². The van der Waals surface area contributed by atoms with E-state index in [-0.39, 0.29) is 12.3 Å². The molecule has 0 aromatic heterocycles. The predicted molar refractivity (Wildman–Crippen MR) is 42.8 cm³/mol. The van der Waals surface area contributed by atoms with Crippen LogP contribution in [-0.4, -0.2) is 36.6 Å². The van der Waals surface area contributed by atoms with Crippen LogP contribution in [0.3, 0.4) is 0 Å². The molecule has 1 atom stereocenters. The molecule has 0 saturated carbocycles. The lowest BCUT2D eigenvalue weighted by Crippen LogP contribution is -2.28. The van der Waals surface area contributed by atoms with E-state index in [1.54, 1.807) is 6.92 Å². The smallest absolute Gasteiger partial charge is 0.358 e. The zero-order valence-corrected chi connectivity index (χ0v) is 7.40. The third-order valence-electron chi connectivity index (χ3n) is 1.07. The van der Waals surface area contributed by atoms with Crippen LogP contribution in [0, 0.1) is 0 Å². The van der Waals surface area contributed by atoms with E-state index >= 15 is 0 Å². The van der Waals surface area contributed by atoms with Crippen LogP contribution < -0.4 is 0 Å². The molecule has 0 spiro atoms. The number of oxime groups is 1. The Morgan fingerprint density at radius 1 is 1.67 bits per heavy atom. The third kappa shape index (κ3) is 3.34. The first-order chi connectivity index (χ1) is 5.63. The van der Waals surface area contributed by atoms with Crippen molar-refractivity contribution in [3.05, 3.63) is 0 Å². The van der Waals surface area contributed by atoms with Crippen molar-refractivity contribution in [2.24, 2.45) is 5.16 Å². The first-order valence-electron chi connectivity index (χ1n) is 3.59. The molecule has 0 amide bonds. The summed E-state index contributed by atoms with van der Waals surface area (Å²) in [5, 5.41) is 12.4. The fraction of sp³-hybridized carbons (Fsp3) is 0.714. The highest BCUT2D eigenvalue weighted by atomic mass is 16.6. The van der Waals surface area contributed by atoms with Gasteiger partial charge in [-0.15, -0.1) is 0 Å². The second kappa shape index (κ2) is 5.54. The topological polar surface area (TPSA) is 68.1 Å². The van der Waals surface area contributed by atoms with Gasteiger partial charge < -0.3 is 14.7 Å². The molecule has 0 bridgehead atoms. The summed E-state index contributed by atoms with van der Waals surface area (Å²) < 4.78 is 4.61. The minimum atomic E-state index is -0.982. The summed E-state index contributed by atoms with van der Waals surface area (Å²) in [4.78, 5) is 15.3. The van der Waals surface area contributed by atoms with Crippen molar-refractivity contribution in [3.63, 3.8) is 0 Å². The number of carbonyl (C=O) groups excluding carboxylic acids is 1. The molecule has 0 aromatic carbocycles. The molecule has 1 N–H and O–H groups in total. The standard InChI is InChI=1S/C7H13NO4/c1-4-12-7(10)6(5(2)9)8-11-3/h5,9H,4H2,1-3H3/b8-6+. The van der Waals surface area contributed by atoms with E-state index < -0.39 is 12.1 Å². The van der Waals surface area contributed by atoms with E-state index in [0.717, 1.165) is 0 Å². The second-order valence-corrected chi connectivity index (χ2v) is 2.06. The van der Waals surface area contributed by atoms with Crippen molar-refractivity contribution in [2.45, 2.75) is 20.0 Å². The number of esters is 1. The van der Waals surface area contributed by atoms with Gasteiger partial charge in [-0.05, 0) is 13.8 Å². The first-order valence-corrected chi connectivity index (χ1v) is 3.59. The van der Waals surface area contributed by atoms with E-state index in [0.29, 0.717) is 0 Å². The average Bonchev–Trinajstić information content (AvgIpc) is 1.99. The van der Waals surface area contributed by atoms with Gasteiger partial charge in [0.25, 0.3) is 0 Å². The predicted octanol–water partition coefficient (Wildman–Crippen LogP) is -0.0673. The molecule has 0 aliphatic heterocycles. The van der Waals surface area contributed by atoms with E-state index in [1.165, 1.54) is 14.0 Å². The van der Waals surface area contributed by atoms with Gasteiger partial charge in [0.2, 0.25) is 0 Å². The van der Waals surface area contributed by atoms with Crippen molar-refractivity contribution in [1.82, 2.24) is 0 Å². The van der Waals surface area contributed by atoms with Gasteiger partial charge in [-0.25, -0.2) is 4.79 Å².